The summed E-state index contributed by atoms with van der Waals surface area (Å²) in [5, 5.41) is 2.76. The van der Waals surface area contributed by atoms with Gasteiger partial charge in [0.15, 0.2) is 18.6 Å². The summed E-state index contributed by atoms with van der Waals surface area (Å²) in [5.41, 5.74) is 0.895. The molecule has 27 heavy (non-hydrogen) atoms. The summed E-state index contributed by atoms with van der Waals surface area (Å²) in [7, 11) is 0. The van der Waals surface area contributed by atoms with Crippen LogP contribution in [0.1, 0.15) is 10.4 Å². The van der Waals surface area contributed by atoms with Crippen molar-refractivity contribution in [1.82, 2.24) is 0 Å². The molecule has 0 unspecified atom stereocenters. The van der Waals surface area contributed by atoms with E-state index in [2.05, 4.69) is 21.2 Å². The fraction of sp³-hybridized carbons (Fsp3) is 0.0476. The highest BCUT2D eigenvalue weighted by Gasteiger charge is 2.11. The molecule has 0 aliphatic carbocycles. The third-order valence-corrected chi connectivity index (χ3v) is 4.08. The minimum atomic E-state index is -0.362. The number of ether oxygens (including phenoxy) is 2. The number of hydrogen-bond donors (Lipinski definition) is 1. The maximum Gasteiger partial charge on any atom is 0.262 e. The molecule has 0 saturated carbocycles. The molecule has 0 fully saturated rings. The molecule has 0 aliphatic heterocycles. The molecule has 3 aromatic rings. The van der Waals surface area contributed by atoms with Crippen LogP contribution >= 0.6 is 15.9 Å². The second kappa shape index (κ2) is 9.00. The zero-order chi connectivity index (χ0) is 19.1. The summed E-state index contributed by atoms with van der Waals surface area (Å²) in [4.78, 5) is 23.4. The van der Waals surface area contributed by atoms with Crippen molar-refractivity contribution < 1.29 is 19.1 Å². The van der Waals surface area contributed by atoms with Gasteiger partial charge in [0.1, 0.15) is 11.5 Å². The van der Waals surface area contributed by atoms with Gasteiger partial charge in [0, 0.05) is 4.47 Å². The number of halogens is 1. The molecular weight excluding hydrogens is 410 g/mol. The van der Waals surface area contributed by atoms with Gasteiger partial charge in [0.25, 0.3) is 5.91 Å². The van der Waals surface area contributed by atoms with Crippen LogP contribution in [0.25, 0.3) is 0 Å². The van der Waals surface area contributed by atoms with Crippen LogP contribution in [0.15, 0.2) is 77.3 Å². The van der Waals surface area contributed by atoms with Crippen molar-refractivity contribution in [3.63, 3.8) is 0 Å². The lowest BCUT2D eigenvalue weighted by molar-refractivity contribution is -0.118. The largest absolute Gasteiger partial charge is 0.483 e. The molecule has 0 spiro atoms. The summed E-state index contributed by atoms with van der Waals surface area (Å²) < 4.78 is 12.0. The molecule has 5 nitrogen and oxygen atoms in total. The second-order valence-corrected chi connectivity index (χ2v) is 6.46. The van der Waals surface area contributed by atoms with Crippen molar-refractivity contribution in [2.24, 2.45) is 0 Å². The van der Waals surface area contributed by atoms with Crippen LogP contribution in [0.4, 0.5) is 5.69 Å². The monoisotopic (exact) mass is 425 g/mol. The van der Waals surface area contributed by atoms with E-state index in [4.69, 9.17) is 9.47 Å². The Morgan fingerprint density at radius 2 is 1.70 bits per heavy atom. The molecule has 0 radical (unpaired) electrons. The Kier molecular flexibility index (Phi) is 6.22. The Morgan fingerprint density at radius 3 is 2.48 bits per heavy atom. The molecule has 3 rings (SSSR count). The van der Waals surface area contributed by atoms with Crippen LogP contribution in [-0.2, 0) is 4.79 Å². The molecule has 0 heterocycles. The summed E-state index contributed by atoms with van der Waals surface area (Å²) in [6.45, 7) is -0.234. The normalized spacial score (nSPS) is 10.1. The molecule has 1 amide bonds. The topological polar surface area (TPSA) is 64.6 Å². The SMILES string of the molecule is O=Cc1cc(Br)ccc1OCC(=O)Nc1ccccc1Oc1ccccc1. The van der Waals surface area contributed by atoms with E-state index in [1.165, 1.54) is 0 Å². The molecule has 3 aromatic carbocycles. The molecule has 0 saturated heterocycles. The summed E-state index contributed by atoms with van der Waals surface area (Å²) >= 11 is 3.29. The predicted molar refractivity (Wildman–Crippen MR) is 107 cm³/mol. The summed E-state index contributed by atoms with van der Waals surface area (Å²) in [6, 6.07) is 21.4. The number of para-hydroxylation sites is 3. The van der Waals surface area contributed by atoms with Crippen LogP contribution < -0.4 is 14.8 Å². The van der Waals surface area contributed by atoms with Crippen molar-refractivity contribution in [2.45, 2.75) is 0 Å². The van der Waals surface area contributed by atoms with Gasteiger partial charge >= 0.3 is 0 Å². The lowest BCUT2D eigenvalue weighted by Gasteiger charge is -2.13. The predicted octanol–water partition coefficient (Wildman–Crippen LogP) is 5.07. The fourth-order valence-corrected chi connectivity index (χ4v) is 2.73. The number of amides is 1. The third-order valence-electron chi connectivity index (χ3n) is 3.59. The Labute approximate surface area is 165 Å². The average Bonchev–Trinajstić information content (AvgIpc) is 2.69. The summed E-state index contributed by atoms with van der Waals surface area (Å²) in [5.74, 6) is 1.17. The van der Waals surface area contributed by atoms with Crippen LogP contribution in [0.5, 0.6) is 17.2 Å². The number of rotatable bonds is 7. The quantitative estimate of drug-likeness (QED) is 0.536. The van der Waals surface area contributed by atoms with Crippen LogP contribution in [0.2, 0.25) is 0 Å². The maximum absolute atomic E-state index is 12.3. The second-order valence-electron chi connectivity index (χ2n) is 5.55. The Morgan fingerprint density at radius 1 is 0.963 bits per heavy atom. The van der Waals surface area contributed by atoms with E-state index >= 15 is 0 Å². The maximum atomic E-state index is 12.3. The van der Waals surface area contributed by atoms with E-state index in [9.17, 15) is 9.59 Å². The smallest absolute Gasteiger partial charge is 0.262 e. The van der Waals surface area contributed by atoms with Crippen molar-refractivity contribution in [1.29, 1.82) is 0 Å². The fourth-order valence-electron chi connectivity index (χ4n) is 2.35. The minimum Gasteiger partial charge on any atom is -0.483 e. The molecule has 136 valence electrons. The number of benzene rings is 3. The average molecular weight is 426 g/mol. The highest BCUT2D eigenvalue weighted by Crippen LogP contribution is 2.29. The zero-order valence-electron chi connectivity index (χ0n) is 14.2. The molecule has 1 N–H and O–H groups in total. The highest BCUT2D eigenvalue weighted by molar-refractivity contribution is 9.10. The van der Waals surface area contributed by atoms with Gasteiger partial charge in [-0.3, -0.25) is 9.59 Å². The lowest BCUT2D eigenvalue weighted by atomic mass is 10.2. The van der Waals surface area contributed by atoms with Crippen molar-refractivity contribution in [3.05, 3.63) is 82.8 Å². The van der Waals surface area contributed by atoms with Crippen molar-refractivity contribution in [3.8, 4) is 17.2 Å². The van der Waals surface area contributed by atoms with E-state index in [0.29, 0.717) is 34.8 Å². The zero-order valence-corrected chi connectivity index (χ0v) is 15.8. The number of carbonyl (C=O) groups is 2. The standard InChI is InChI=1S/C21H16BrNO4/c22-16-10-11-19(15(12-16)13-24)26-14-21(25)23-18-8-4-5-9-20(18)27-17-6-2-1-3-7-17/h1-13H,14H2,(H,23,25). The van der Waals surface area contributed by atoms with Crippen molar-refractivity contribution in [2.75, 3.05) is 11.9 Å². The van der Waals surface area contributed by atoms with Crippen LogP contribution in [0.3, 0.4) is 0 Å². The Balaban J connectivity index is 1.65. The first-order valence-corrected chi connectivity index (χ1v) is 8.94. The summed E-state index contributed by atoms with van der Waals surface area (Å²) in [6.07, 6.45) is 0.682. The Hall–Kier alpha value is -3.12. The molecule has 0 bridgehead atoms. The minimum absolute atomic E-state index is 0.234. The lowest BCUT2D eigenvalue weighted by Crippen LogP contribution is -2.20. The first-order chi connectivity index (χ1) is 13.2. The number of aldehydes is 1. The van der Waals surface area contributed by atoms with Gasteiger partial charge in [0.05, 0.1) is 11.3 Å². The van der Waals surface area contributed by atoms with E-state index in [1.807, 2.05) is 36.4 Å². The van der Waals surface area contributed by atoms with Crippen LogP contribution in [-0.4, -0.2) is 18.8 Å². The van der Waals surface area contributed by atoms with E-state index in [0.717, 1.165) is 4.47 Å². The molecular formula is C21H16BrNO4. The first kappa shape index (κ1) is 18.7. The van der Waals surface area contributed by atoms with E-state index in [-0.39, 0.29) is 12.5 Å². The first-order valence-electron chi connectivity index (χ1n) is 8.15. The van der Waals surface area contributed by atoms with Gasteiger partial charge in [-0.05, 0) is 42.5 Å². The van der Waals surface area contributed by atoms with Gasteiger partial charge in [-0.2, -0.15) is 0 Å². The third kappa shape index (κ3) is 5.18. The number of carbonyl (C=O) groups excluding carboxylic acids is 2. The highest BCUT2D eigenvalue weighted by atomic mass is 79.9. The number of anilines is 1. The van der Waals surface area contributed by atoms with E-state index in [1.54, 1.807) is 36.4 Å². The Bertz CT molecular complexity index is 944. The van der Waals surface area contributed by atoms with Gasteiger partial charge in [-0.15, -0.1) is 0 Å². The number of nitrogens with one attached hydrogen (secondary N) is 1. The van der Waals surface area contributed by atoms with Gasteiger partial charge < -0.3 is 14.8 Å². The molecule has 6 heteroatoms. The molecule has 0 atom stereocenters. The van der Waals surface area contributed by atoms with Crippen LogP contribution in [0, 0.1) is 0 Å². The molecule has 0 aliphatic rings. The number of hydrogen-bond acceptors (Lipinski definition) is 4. The van der Waals surface area contributed by atoms with E-state index < -0.39 is 0 Å². The molecule has 0 aromatic heterocycles. The van der Waals surface area contributed by atoms with Gasteiger partial charge in [0.2, 0.25) is 0 Å². The van der Waals surface area contributed by atoms with Gasteiger partial charge in [-0.25, -0.2) is 0 Å². The van der Waals surface area contributed by atoms with Crippen molar-refractivity contribution >= 4 is 33.8 Å². The van der Waals surface area contributed by atoms with Gasteiger partial charge in [-0.1, -0.05) is 46.3 Å².